The third kappa shape index (κ3) is 2.96. The highest BCUT2D eigenvalue weighted by atomic mass is 16.3. The third-order valence-corrected chi connectivity index (χ3v) is 3.43. The molecule has 4 heteroatoms. The Morgan fingerprint density at radius 3 is 2.94 bits per heavy atom. The zero-order valence-electron chi connectivity index (χ0n) is 10.2. The van der Waals surface area contributed by atoms with Crippen molar-refractivity contribution < 1.29 is 5.11 Å². The molecule has 0 radical (unpaired) electrons. The van der Waals surface area contributed by atoms with Crippen LogP contribution in [0, 0.1) is 0 Å². The minimum atomic E-state index is 0.252. The lowest BCUT2D eigenvalue weighted by Gasteiger charge is -2.36. The molecule has 0 saturated carbocycles. The average Bonchev–Trinajstić information content (AvgIpc) is 2.40. The lowest BCUT2D eigenvalue weighted by atomic mass is 9.99. The van der Waals surface area contributed by atoms with Gasteiger partial charge in [0.2, 0.25) is 0 Å². The van der Waals surface area contributed by atoms with Gasteiger partial charge in [-0.25, -0.2) is 4.98 Å². The van der Waals surface area contributed by atoms with Crippen molar-refractivity contribution in [1.82, 2.24) is 4.98 Å². The highest BCUT2D eigenvalue weighted by molar-refractivity contribution is 5.41. The van der Waals surface area contributed by atoms with Crippen molar-refractivity contribution in [3.63, 3.8) is 0 Å². The second kappa shape index (κ2) is 5.98. The molecule has 0 spiro atoms. The highest BCUT2D eigenvalue weighted by Gasteiger charge is 2.22. The number of aliphatic hydroxyl groups excluding tert-OH is 1. The van der Waals surface area contributed by atoms with Gasteiger partial charge in [0.15, 0.2) is 0 Å². The highest BCUT2D eigenvalue weighted by Crippen LogP contribution is 2.24. The Morgan fingerprint density at radius 1 is 1.41 bits per heavy atom. The van der Waals surface area contributed by atoms with E-state index in [2.05, 4.69) is 9.88 Å². The van der Waals surface area contributed by atoms with Crippen LogP contribution in [-0.4, -0.2) is 29.3 Å². The van der Waals surface area contributed by atoms with Crippen molar-refractivity contribution in [1.29, 1.82) is 0 Å². The van der Waals surface area contributed by atoms with Crippen molar-refractivity contribution in [2.45, 2.75) is 38.3 Å². The first-order valence-corrected chi connectivity index (χ1v) is 6.37. The van der Waals surface area contributed by atoms with Gasteiger partial charge in [0.1, 0.15) is 5.82 Å². The predicted octanol–water partition coefficient (Wildman–Crippen LogP) is 1.28. The fourth-order valence-corrected chi connectivity index (χ4v) is 2.46. The van der Waals surface area contributed by atoms with E-state index in [0.29, 0.717) is 12.6 Å². The number of hydrogen-bond acceptors (Lipinski definition) is 4. The normalized spacial score (nSPS) is 20.6. The Labute approximate surface area is 102 Å². The first kappa shape index (κ1) is 12.3. The Morgan fingerprint density at radius 2 is 2.29 bits per heavy atom. The number of rotatable bonds is 4. The average molecular weight is 235 g/mol. The number of hydrogen-bond donors (Lipinski definition) is 2. The summed E-state index contributed by atoms with van der Waals surface area (Å²) in [5, 5.41) is 9.10. The number of nitrogens with zero attached hydrogens (tertiary/aromatic N) is 2. The summed E-state index contributed by atoms with van der Waals surface area (Å²) in [6.45, 7) is 1.83. The van der Waals surface area contributed by atoms with Crippen LogP contribution in [0.25, 0.3) is 0 Å². The molecule has 0 unspecified atom stereocenters. The second-order valence-corrected chi connectivity index (χ2v) is 4.58. The van der Waals surface area contributed by atoms with E-state index in [9.17, 15) is 0 Å². The summed E-state index contributed by atoms with van der Waals surface area (Å²) in [6, 6.07) is 4.51. The molecular formula is C13H21N3O. The Hall–Kier alpha value is -1.13. The van der Waals surface area contributed by atoms with Crippen molar-refractivity contribution in [2.75, 3.05) is 18.1 Å². The Bertz CT molecular complexity index is 337. The predicted molar refractivity (Wildman–Crippen MR) is 68.8 cm³/mol. The fraction of sp³-hybridized carbons (Fsp3) is 0.615. The Kier molecular flexibility index (Phi) is 4.34. The SMILES string of the molecule is NCc1ccc(N2CCCC[C@H]2CCO)nc1. The third-order valence-electron chi connectivity index (χ3n) is 3.43. The molecule has 1 aliphatic rings. The zero-order chi connectivity index (χ0) is 12.1. The van der Waals surface area contributed by atoms with Crippen LogP contribution in [0.2, 0.25) is 0 Å². The summed E-state index contributed by atoms with van der Waals surface area (Å²) in [7, 11) is 0. The van der Waals surface area contributed by atoms with Crippen molar-refractivity contribution in [3.05, 3.63) is 23.9 Å². The maximum absolute atomic E-state index is 9.10. The molecule has 0 amide bonds. The molecule has 0 bridgehead atoms. The summed E-state index contributed by atoms with van der Waals surface area (Å²) in [5.74, 6) is 1.01. The van der Waals surface area contributed by atoms with Crippen molar-refractivity contribution in [3.8, 4) is 0 Å². The zero-order valence-corrected chi connectivity index (χ0v) is 10.2. The van der Waals surface area contributed by atoms with Crippen LogP contribution in [0.5, 0.6) is 0 Å². The van der Waals surface area contributed by atoms with Crippen LogP contribution in [0.3, 0.4) is 0 Å². The maximum atomic E-state index is 9.10. The van der Waals surface area contributed by atoms with Crippen LogP contribution >= 0.6 is 0 Å². The van der Waals surface area contributed by atoms with Gasteiger partial charge < -0.3 is 15.7 Å². The van der Waals surface area contributed by atoms with Gasteiger partial charge in [-0.1, -0.05) is 6.07 Å². The van der Waals surface area contributed by atoms with E-state index < -0.39 is 0 Å². The van der Waals surface area contributed by atoms with Gasteiger partial charge in [0.05, 0.1) is 0 Å². The van der Waals surface area contributed by atoms with Gasteiger partial charge in [-0.3, -0.25) is 0 Å². The van der Waals surface area contributed by atoms with E-state index in [4.69, 9.17) is 10.8 Å². The van der Waals surface area contributed by atoms with Gasteiger partial charge in [-0.15, -0.1) is 0 Å². The van der Waals surface area contributed by atoms with E-state index in [1.165, 1.54) is 12.8 Å². The lowest BCUT2D eigenvalue weighted by molar-refractivity contribution is 0.262. The van der Waals surface area contributed by atoms with Crippen LogP contribution < -0.4 is 10.6 Å². The first-order valence-electron chi connectivity index (χ1n) is 6.37. The number of piperidine rings is 1. The molecule has 17 heavy (non-hydrogen) atoms. The molecule has 2 heterocycles. The quantitative estimate of drug-likeness (QED) is 0.825. The second-order valence-electron chi connectivity index (χ2n) is 4.58. The topological polar surface area (TPSA) is 62.4 Å². The number of pyridine rings is 1. The molecule has 1 saturated heterocycles. The first-order chi connectivity index (χ1) is 8.35. The van der Waals surface area contributed by atoms with E-state index >= 15 is 0 Å². The fourth-order valence-electron chi connectivity index (χ4n) is 2.46. The molecule has 1 fully saturated rings. The molecule has 0 aromatic carbocycles. The molecule has 1 aromatic rings. The van der Waals surface area contributed by atoms with Crippen LogP contribution in [0.15, 0.2) is 18.3 Å². The van der Waals surface area contributed by atoms with Gasteiger partial charge >= 0.3 is 0 Å². The molecule has 1 aliphatic heterocycles. The molecule has 1 aromatic heterocycles. The summed E-state index contributed by atoms with van der Waals surface area (Å²) in [4.78, 5) is 6.79. The van der Waals surface area contributed by atoms with Gasteiger partial charge in [0, 0.05) is 31.9 Å². The molecule has 0 aliphatic carbocycles. The number of aromatic nitrogens is 1. The van der Waals surface area contributed by atoms with Gasteiger partial charge in [-0.2, -0.15) is 0 Å². The van der Waals surface area contributed by atoms with Gasteiger partial charge in [-0.05, 0) is 37.3 Å². The minimum absolute atomic E-state index is 0.252. The monoisotopic (exact) mass is 235 g/mol. The molecule has 2 rings (SSSR count). The van der Waals surface area contributed by atoms with E-state index in [1.807, 2.05) is 18.3 Å². The molecular weight excluding hydrogens is 214 g/mol. The molecule has 4 nitrogen and oxygen atoms in total. The minimum Gasteiger partial charge on any atom is -0.396 e. The number of anilines is 1. The molecule has 3 N–H and O–H groups in total. The largest absolute Gasteiger partial charge is 0.396 e. The maximum Gasteiger partial charge on any atom is 0.128 e. The van der Waals surface area contributed by atoms with E-state index in [0.717, 1.165) is 30.8 Å². The van der Waals surface area contributed by atoms with Crippen LogP contribution in [0.1, 0.15) is 31.2 Å². The smallest absolute Gasteiger partial charge is 0.128 e. The molecule has 94 valence electrons. The van der Waals surface area contributed by atoms with Crippen molar-refractivity contribution in [2.24, 2.45) is 5.73 Å². The van der Waals surface area contributed by atoms with Crippen molar-refractivity contribution >= 4 is 5.82 Å². The summed E-state index contributed by atoms with van der Waals surface area (Å²) < 4.78 is 0. The summed E-state index contributed by atoms with van der Waals surface area (Å²) in [6.07, 6.45) is 6.30. The lowest BCUT2D eigenvalue weighted by Crippen LogP contribution is -2.40. The number of nitrogens with two attached hydrogens (primary N) is 1. The standard InChI is InChI=1S/C13H21N3O/c14-9-11-4-5-13(15-10-11)16-7-2-1-3-12(16)6-8-17/h4-5,10,12,17H,1-3,6-9,14H2/t12-/m0/s1. The Balaban J connectivity index is 2.11. The van der Waals surface area contributed by atoms with E-state index in [1.54, 1.807) is 0 Å². The summed E-state index contributed by atoms with van der Waals surface area (Å²) in [5.41, 5.74) is 6.63. The van der Waals surface area contributed by atoms with E-state index in [-0.39, 0.29) is 6.61 Å². The molecule has 1 atom stereocenters. The summed E-state index contributed by atoms with van der Waals surface area (Å²) >= 11 is 0. The van der Waals surface area contributed by atoms with Crippen LogP contribution in [-0.2, 0) is 6.54 Å². The number of aliphatic hydroxyl groups is 1. The van der Waals surface area contributed by atoms with Gasteiger partial charge in [0.25, 0.3) is 0 Å². The van der Waals surface area contributed by atoms with Crippen LogP contribution in [0.4, 0.5) is 5.82 Å².